The first-order valence-electron chi connectivity index (χ1n) is 32.7. The minimum absolute atomic E-state index is 0.0286. The molecule has 518 valence electrons. The van der Waals surface area contributed by atoms with E-state index in [1.807, 2.05) is 91.0 Å². The molecular weight excluding hydrogens is 1260 g/mol. The Kier molecular flexibility index (Phi) is 23.6. The average molecular weight is 1350 g/mol. The number of benzene rings is 6. The number of nitrogens with zero attached hydrogens (tertiary/aromatic N) is 5. The number of alkyl carbamates (subject to hydrolysis) is 1. The van der Waals surface area contributed by atoms with Crippen molar-refractivity contribution in [3.05, 3.63) is 192 Å². The smallest absolute Gasteiger partial charge is 0.410 e. The molecule has 99 heavy (non-hydrogen) atoms. The molecular formula is C76H85N9O14. The largest absolute Gasteiger partial charge is 0.487 e. The van der Waals surface area contributed by atoms with E-state index < -0.39 is 101 Å². The van der Waals surface area contributed by atoms with Crippen LogP contribution in [0.15, 0.2) is 158 Å². The van der Waals surface area contributed by atoms with Crippen LogP contribution in [0.4, 0.5) is 9.59 Å². The Balaban J connectivity index is 0.955. The van der Waals surface area contributed by atoms with E-state index in [9.17, 15) is 24.0 Å². The van der Waals surface area contributed by atoms with Crippen LogP contribution in [0.1, 0.15) is 100 Å². The molecule has 0 radical (unpaired) electrons. The van der Waals surface area contributed by atoms with Crippen LogP contribution >= 0.6 is 0 Å². The summed E-state index contributed by atoms with van der Waals surface area (Å²) in [5.74, 6) is -1.11. The van der Waals surface area contributed by atoms with Crippen molar-refractivity contribution in [2.45, 2.75) is 135 Å². The molecule has 1 fully saturated rings. The van der Waals surface area contributed by atoms with Gasteiger partial charge in [-0.3, -0.25) is 24.1 Å². The van der Waals surface area contributed by atoms with Crippen molar-refractivity contribution in [3.63, 3.8) is 0 Å². The number of aromatic nitrogens is 3. The second-order valence-electron chi connectivity index (χ2n) is 26.5. The van der Waals surface area contributed by atoms with Gasteiger partial charge in [0.15, 0.2) is 0 Å². The third-order valence-electron chi connectivity index (χ3n) is 17.2. The minimum atomic E-state index is -1.41. The first kappa shape index (κ1) is 72.3. The summed E-state index contributed by atoms with van der Waals surface area (Å²) in [6.07, 6.45) is 6.95. The van der Waals surface area contributed by atoms with E-state index in [1.54, 1.807) is 96.3 Å². The predicted octanol–water partition coefficient (Wildman–Crippen LogP) is 8.76. The Morgan fingerprint density at radius 3 is 1.89 bits per heavy atom. The summed E-state index contributed by atoms with van der Waals surface area (Å²) in [4.78, 5) is 116. The van der Waals surface area contributed by atoms with Crippen molar-refractivity contribution < 1.29 is 66.8 Å². The van der Waals surface area contributed by atoms with Gasteiger partial charge in [-0.1, -0.05) is 160 Å². The second kappa shape index (κ2) is 32.4. The Bertz CT molecular complexity index is 4070. The molecule has 4 N–H and O–H groups in total. The summed E-state index contributed by atoms with van der Waals surface area (Å²) in [6.45, 7) is 15.3. The normalized spacial score (nSPS) is 15.6. The van der Waals surface area contributed by atoms with Crippen LogP contribution in [-0.2, 0) is 73.6 Å². The molecule has 1 aliphatic carbocycles. The maximum atomic E-state index is 15.7. The molecule has 0 unspecified atom stereocenters. The lowest BCUT2D eigenvalue weighted by Crippen LogP contribution is -2.62. The molecule has 2 heterocycles. The number of likely N-dealkylation sites (tertiary alicyclic amines) is 1. The standard InChI is InChI=1S/C76H85N9O14/c1-12-38-95-54-32-27-49(28-33-54)42-63(72(91)96-39-13-2)78-68(87)61(43-50-26-31-51-20-14-15-21-52(51)40-50)77-69(88)65-64(36-37-84(65)70(89)66(75(4,5)6)80-67(86)47(3)83(10)74(93)99-76(7,8)9)85-44-53(81-82-85)45-97-55-34-29-48(30-35-55)41-62(71(90)94-11)79-73(92)98-46-60-58-24-18-16-22-56(58)57-23-17-19-25-59(57)60/h1,13-35,40,44,47,60-66H,2,36-39,41-43,45-46H2,3-11H3,(H,77,88)(H,78,87)(H,79,92)(H,80,86)/t47-,61-,62-,63-,64+,65-,66+/m0/s1. The van der Waals surface area contributed by atoms with Gasteiger partial charge in [-0.2, -0.15) is 0 Å². The van der Waals surface area contributed by atoms with Crippen LogP contribution in [0.5, 0.6) is 11.5 Å². The van der Waals surface area contributed by atoms with Gasteiger partial charge in [0, 0.05) is 38.8 Å². The maximum absolute atomic E-state index is 15.7. The highest BCUT2D eigenvalue weighted by Gasteiger charge is 2.49. The number of hydrogen-bond donors (Lipinski definition) is 4. The fraction of sp³-hybridized carbons (Fsp3) is 0.368. The molecule has 7 aromatic rings. The number of hydrogen-bond acceptors (Lipinski definition) is 16. The molecule has 6 amide bonds. The van der Waals surface area contributed by atoms with Crippen molar-refractivity contribution in [2.75, 3.05) is 40.5 Å². The molecule has 9 rings (SSSR count). The van der Waals surface area contributed by atoms with Crippen molar-refractivity contribution in [2.24, 2.45) is 5.41 Å². The number of fused-ring (bicyclic) bond motifs is 4. The Morgan fingerprint density at radius 1 is 0.697 bits per heavy atom. The van der Waals surface area contributed by atoms with Crippen molar-refractivity contribution in [3.8, 4) is 35.0 Å². The van der Waals surface area contributed by atoms with Crippen molar-refractivity contribution >= 4 is 58.5 Å². The number of esters is 2. The highest BCUT2D eigenvalue weighted by Crippen LogP contribution is 2.44. The third kappa shape index (κ3) is 18.6. The summed E-state index contributed by atoms with van der Waals surface area (Å²) in [5, 5.41) is 22.1. The van der Waals surface area contributed by atoms with Gasteiger partial charge in [0.05, 0.1) is 19.3 Å². The summed E-state index contributed by atoms with van der Waals surface area (Å²) >= 11 is 0. The molecule has 1 aromatic heterocycles. The molecule has 2 aliphatic rings. The molecule has 1 aliphatic heterocycles. The monoisotopic (exact) mass is 1350 g/mol. The predicted molar refractivity (Wildman–Crippen MR) is 370 cm³/mol. The topological polar surface area (TPSA) is 277 Å². The molecule has 0 saturated carbocycles. The zero-order chi connectivity index (χ0) is 71.1. The van der Waals surface area contributed by atoms with Crippen LogP contribution in [0.2, 0.25) is 0 Å². The van der Waals surface area contributed by atoms with Crippen molar-refractivity contribution in [1.29, 1.82) is 0 Å². The number of terminal acetylenes is 1. The summed E-state index contributed by atoms with van der Waals surface area (Å²) in [5.41, 5.74) is 4.69. The number of carbonyl (C=O) groups is 8. The Morgan fingerprint density at radius 2 is 1.28 bits per heavy atom. The lowest BCUT2D eigenvalue weighted by molar-refractivity contribution is -0.147. The average Bonchev–Trinajstić information content (AvgIpc) is 1.65. The van der Waals surface area contributed by atoms with Crippen molar-refractivity contribution in [1.82, 2.24) is 46.1 Å². The lowest BCUT2D eigenvalue weighted by atomic mass is 9.85. The summed E-state index contributed by atoms with van der Waals surface area (Å²) < 4.78 is 35.1. The molecule has 0 bridgehead atoms. The van der Waals surface area contributed by atoms with Crippen LogP contribution in [0.25, 0.3) is 21.9 Å². The molecule has 23 nitrogen and oxygen atoms in total. The third-order valence-corrected chi connectivity index (χ3v) is 17.2. The first-order valence-corrected chi connectivity index (χ1v) is 32.7. The van der Waals surface area contributed by atoms with Crippen LogP contribution in [-0.4, -0.2) is 155 Å². The van der Waals surface area contributed by atoms with Gasteiger partial charge in [0.25, 0.3) is 0 Å². The molecule has 0 spiro atoms. The fourth-order valence-electron chi connectivity index (χ4n) is 12.0. The number of likely N-dealkylation sites (N-methyl/N-ethyl adjacent to an activating group) is 1. The van der Waals surface area contributed by atoms with Crippen LogP contribution < -0.4 is 30.7 Å². The fourth-order valence-corrected chi connectivity index (χ4v) is 12.0. The number of methoxy groups -OCH3 is 1. The van der Waals surface area contributed by atoms with Gasteiger partial charge in [-0.05, 0) is 114 Å². The van der Waals surface area contributed by atoms with E-state index in [2.05, 4.69) is 44.1 Å². The van der Waals surface area contributed by atoms with E-state index in [1.165, 1.54) is 36.7 Å². The lowest BCUT2D eigenvalue weighted by Gasteiger charge is -2.37. The van der Waals surface area contributed by atoms with E-state index in [0.29, 0.717) is 33.9 Å². The van der Waals surface area contributed by atoms with E-state index in [4.69, 9.17) is 34.8 Å². The van der Waals surface area contributed by atoms with Crippen LogP contribution in [0.3, 0.4) is 0 Å². The first-order chi connectivity index (χ1) is 47.3. The quantitative estimate of drug-likeness (QED) is 0.0162. The number of carbonyl (C=O) groups excluding carboxylic acids is 8. The van der Waals surface area contributed by atoms with Gasteiger partial charge >= 0.3 is 24.1 Å². The van der Waals surface area contributed by atoms with E-state index >= 15 is 14.4 Å². The number of ether oxygens (including phenoxy) is 6. The molecule has 7 atom stereocenters. The Hall–Kier alpha value is -11.0. The number of nitrogens with one attached hydrogen (secondary N) is 4. The Labute approximate surface area is 576 Å². The zero-order valence-corrected chi connectivity index (χ0v) is 57.2. The maximum Gasteiger partial charge on any atom is 0.410 e. The summed E-state index contributed by atoms with van der Waals surface area (Å²) in [6, 6.07) is 34.4. The summed E-state index contributed by atoms with van der Waals surface area (Å²) in [7, 11) is 2.65. The van der Waals surface area contributed by atoms with Crippen LogP contribution in [0, 0.1) is 17.8 Å². The highest BCUT2D eigenvalue weighted by molar-refractivity contribution is 5.97. The zero-order valence-electron chi connectivity index (χ0n) is 57.2. The second-order valence-corrected chi connectivity index (χ2v) is 26.5. The van der Waals surface area contributed by atoms with Gasteiger partial charge in [0.2, 0.25) is 23.6 Å². The van der Waals surface area contributed by atoms with E-state index in [-0.39, 0.29) is 64.6 Å². The SMILES string of the molecule is C#CCOc1ccc(C[C@H](NC(=O)[C@H](Cc2ccc3ccccc3c2)NC(=O)[C@@H]2[C@H](n3cc(COc4ccc(C[C@H](NC(=O)OCC5c6ccccc6-c6ccccc65)C(=O)OC)cc4)nn3)CCN2C(=O)[C@@H](NC(=O)[C@H](C)N(C)C(=O)OC(C)(C)C)C(C)(C)C)C(=O)OCC=C)cc1. The highest BCUT2D eigenvalue weighted by atomic mass is 16.6. The van der Waals surface area contributed by atoms with Gasteiger partial charge < -0.3 is 54.6 Å². The minimum Gasteiger partial charge on any atom is -0.487 e. The number of rotatable bonds is 27. The molecule has 6 aromatic carbocycles. The van der Waals surface area contributed by atoms with Gasteiger partial charge in [-0.15, -0.1) is 11.5 Å². The van der Waals surface area contributed by atoms with Gasteiger partial charge in [0.1, 0.15) is 85.5 Å². The van der Waals surface area contributed by atoms with E-state index in [0.717, 1.165) is 37.9 Å². The molecule has 1 saturated heterocycles. The number of amides is 6. The molecule has 23 heteroatoms. The van der Waals surface area contributed by atoms with Gasteiger partial charge in [-0.25, -0.2) is 23.9 Å².